The van der Waals surface area contributed by atoms with Crippen molar-refractivity contribution in [2.75, 3.05) is 25.6 Å². The number of carbonyl (C=O) groups is 1. The van der Waals surface area contributed by atoms with Gasteiger partial charge in [0.1, 0.15) is 0 Å². The van der Waals surface area contributed by atoms with E-state index in [-0.39, 0.29) is 12.2 Å². The highest BCUT2D eigenvalue weighted by molar-refractivity contribution is 5.90. The number of amides is 2. The number of para-hydroxylation sites is 2. The Morgan fingerprint density at radius 3 is 2.50 bits per heavy atom. The molecule has 0 fully saturated rings. The van der Waals surface area contributed by atoms with Crippen molar-refractivity contribution in [3.63, 3.8) is 0 Å². The predicted octanol–water partition coefficient (Wildman–Crippen LogP) is 4.36. The minimum atomic E-state index is -4.85. The summed E-state index contributed by atoms with van der Waals surface area (Å²) in [5, 5.41) is 4.94. The highest BCUT2D eigenvalue weighted by Crippen LogP contribution is 2.30. The molecule has 0 atom stereocenters. The fraction of sp³-hybridized carbons (Fsp3) is 0.316. The normalized spacial score (nSPS) is 10.9. The van der Waals surface area contributed by atoms with E-state index in [4.69, 9.17) is 9.47 Å². The van der Waals surface area contributed by atoms with Gasteiger partial charge in [-0.15, -0.1) is 13.2 Å². The van der Waals surface area contributed by atoms with Crippen LogP contribution in [-0.2, 0) is 6.42 Å². The number of hydrogen-bond acceptors (Lipinski definition) is 4. The van der Waals surface area contributed by atoms with Crippen molar-refractivity contribution in [3.05, 3.63) is 48.0 Å². The van der Waals surface area contributed by atoms with Gasteiger partial charge in [-0.25, -0.2) is 4.79 Å². The maximum Gasteiger partial charge on any atom is 0.573 e. The maximum atomic E-state index is 12.4. The lowest BCUT2D eigenvalue weighted by atomic mass is 10.1. The van der Waals surface area contributed by atoms with Crippen LogP contribution in [0.1, 0.15) is 12.5 Å². The number of methoxy groups -OCH3 is 1. The van der Waals surface area contributed by atoms with E-state index in [9.17, 15) is 18.0 Å². The number of benzene rings is 2. The van der Waals surface area contributed by atoms with Crippen LogP contribution in [0.3, 0.4) is 0 Å². The van der Waals surface area contributed by atoms with Crippen molar-refractivity contribution >= 4 is 11.7 Å². The molecule has 0 bridgehead atoms. The highest BCUT2D eigenvalue weighted by atomic mass is 19.4. The van der Waals surface area contributed by atoms with Gasteiger partial charge in [0.15, 0.2) is 17.2 Å². The molecule has 0 aromatic heterocycles. The number of anilines is 1. The van der Waals surface area contributed by atoms with Crippen LogP contribution >= 0.6 is 0 Å². The fourth-order valence-corrected chi connectivity index (χ4v) is 2.41. The quantitative estimate of drug-likeness (QED) is 0.694. The van der Waals surface area contributed by atoms with Crippen LogP contribution in [0.15, 0.2) is 42.5 Å². The fourth-order valence-electron chi connectivity index (χ4n) is 2.41. The van der Waals surface area contributed by atoms with Gasteiger partial charge in [-0.05, 0) is 43.2 Å². The maximum absolute atomic E-state index is 12.4. The van der Waals surface area contributed by atoms with Crippen LogP contribution in [0, 0.1) is 0 Å². The van der Waals surface area contributed by atoms with E-state index < -0.39 is 18.1 Å². The summed E-state index contributed by atoms with van der Waals surface area (Å²) in [5.41, 5.74) is 0.821. The number of carbonyl (C=O) groups excluding carboxylic acids is 1. The molecule has 9 heteroatoms. The molecular formula is C19H21F3N2O4. The third kappa shape index (κ3) is 6.57. The highest BCUT2D eigenvalue weighted by Gasteiger charge is 2.32. The molecule has 2 amide bonds. The lowest BCUT2D eigenvalue weighted by Crippen LogP contribution is -2.31. The average Bonchev–Trinajstić information content (AvgIpc) is 2.63. The van der Waals surface area contributed by atoms with Gasteiger partial charge in [-0.3, -0.25) is 0 Å². The summed E-state index contributed by atoms with van der Waals surface area (Å²) in [7, 11) is 1.54. The van der Waals surface area contributed by atoms with Crippen molar-refractivity contribution in [2.24, 2.45) is 0 Å². The molecule has 0 unspecified atom stereocenters. The summed E-state index contributed by atoms with van der Waals surface area (Å²) < 4.78 is 51.9. The van der Waals surface area contributed by atoms with Crippen LogP contribution in [-0.4, -0.2) is 32.7 Å². The van der Waals surface area contributed by atoms with E-state index in [0.29, 0.717) is 24.5 Å². The largest absolute Gasteiger partial charge is 0.573 e. The Morgan fingerprint density at radius 2 is 1.82 bits per heavy atom. The van der Waals surface area contributed by atoms with Crippen molar-refractivity contribution in [3.8, 4) is 17.2 Å². The molecule has 2 aromatic rings. The average molecular weight is 398 g/mol. The van der Waals surface area contributed by atoms with Crippen LogP contribution in [0.2, 0.25) is 0 Å². The summed E-state index contributed by atoms with van der Waals surface area (Å²) >= 11 is 0. The van der Waals surface area contributed by atoms with Gasteiger partial charge in [0.05, 0.1) is 19.4 Å². The second kappa shape index (κ2) is 9.72. The second-order valence-electron chi connectivity index (χ2n) is 5.59. The molecule has 0 spiro atoms. The van der Waals surface area contributed by atoms with E-state index >= 15 is 0 Å². The molecule has 2 N–H and O–H groups in total. The van der Waals surface area contributed by atoms with Crippen molar-refractivity contribution in [1.82, 2.24) is 5.32 Å². The molecule has 28 heavy (non-hydrogen) atoms. The van der Waals surface area contributed by atoms with E-state index in [0.717, 1.165) is 11.6 Å². The number of nitrogens with one attached hydrogen (secondary N) is 2. The molecule has 0 aliphatic heterocycles. The number of halogens is 3. The molecule has 2 aromatic carbocycles. The van der Waals surface area contributed by atoms with Gasteiger partial charge < -0.3 is 24.8 Å². The van der Waals surface area contributed by atoms with E-state index in [1.807, 2.05) is 13.0 Å². The number of hydrogen-bond donors (Lipinski definition) is 2. The topological polar surface area (TPSA) is 68.8 Å². The molecule has 0 heterocycles. The third-order valence-corrected chi connectivity index (χ3v) is 3.59. The zero-order chi connectivity index (χ0) is 20.6. The number of ether oxygens (including phenoxy) is 3. The van der Waals surface area contributed by atoms with E-state index in [2.05, 4.69) is 15.4 Å². The standard InChI is InChI=1S/C19H21F3N2O4/c1-3-27-16-9-8-13(12-17(16)26-2)10-11-23-18(25)24-14-6-4-5-7-15(14)28-19(20,21)22/h4-9,12H,3,10-11H2,1-2H3,(H2,23,24,25). The van der Waals surface area contributed by atoms with Gasteiger partial charge in [-0.2, -0.15) is 0 Å². The molecule has 0 saturated heterocycles. The first kappa shape index (κ1) is 21.2. The predicted molar refractivity (Wildman–Crippen MR) is 98.0 cm³/mol. The Labute approximate surface area is 160 Å². The van der Waals surface area contributed by atoms with Gasteiger partial charge in [0.25, 0.3) is 0 Å². The van der Waals surface area contributed by atoms with Crippen LogP contribution in [0.4, 0.5) is 23.7 Å². The van der Waals surface area contributed by atoms with Gasteiger partial charge >= 0.3 is 12.4 Å². The lowest BCUT2D eigenvalue weighted by molar-refractivity contribution is -0.274. The SMILES string of the molecule is CCOc1ccc(CCNC(=O)Nc2ccccc2OC(F)(F)F)cc1OC. The van der Waals surface area contributed by atoms with Crippen molar-refractivity contribution in [1.29, 1.82) is 0 Å². The van der Waals surface area contributed by atoms with Crippen LogP contribution in [0.25, 0.3) is 0 Å². The Bertz CT molecular complexity index is 797. The van der Waals surface area contributed by atoms with Crippen molar-refractivity contribution < 1.29 is 32.2 Å². The lowest BCUT2D eigenvalue weighted by Gasteiger charge is -2.14. The zero-order valence-corrected chi connectivity index (χ0v) is 15.4. The first-order valence-electron chi connectivity index (χ1n) is 8.51. The summed E-state index contributed by atoms with van der Waals surface area (Å²) in [6.07, 6.45) is -4.35. The molecule has 152 valence electrons. The summed E-state index contributed by atoms with van der Waals surface area (Å²) in [5.74, 6) is 0.726. The summed E-state index contributed by atoms with van der Waals surface area (Å²) in [6.45, 7) is 2.65. The third-order valence-electron chi connectivity index (χ3n) is 3.59. The Hall–Kier alpha value is -3.10. The number of alkyl halides is 3. The van der Waals surface area contributed by atoms with Crippen LogP contribution < -0.4 is 24.8 Å². The van der Waals surface area contributed by atoms with E-state index in [1.54, 1.807) is 12.1 Å². The molecular weight excluding hydrogens is 377 g/mol. The Morgan fingerprint density at radius 1 is 1.07 bits per heavy atom. The number of rotatable bonds is 8. The first-order valence-corrected chi connectivity index (χ1v) is 8.51. The van der Waals surface area contributed by atoms with Crippen LogP contribution in [0.5, 0.6) is 17.2 Å². The summed E-state index contributed by atoms with van der Waals surface area (Å²) in [6, 6.07) is 10.1. The summed E-state index contributed by atoms with van der Waals surface area (Å²) in [4.78, 5) is 12.0. The molecule has 6 nitrogen and oxygen atoms in total. The molecule has 0 aliphatic carbocycles. The molecule has 0 saturated carbocycles. The minimum absolute atomic E-state index is 0.0833. The monoisotopic (exact) mass is 398 g/mol. The van der Waals surface area contributed by atoms with Gasteiger partial charge in [-0.1, -0.05) is 18.2 Å². The van der Waals surface area contributed by atoms with Crippen molar-refractivity contribution in [2.45, 2.75) is 19.7 Å². The molecule has 0 aliphatic rings. The molecule has 0 radical (unpaired) electrons. The van der Waals surface area contributed by atoms with E-state index in [1.165, 1.54) is 25.3 Å². The smallest absolute Gasteiger partial charge is 0.493 e. The first-order chi connectivity index (χ1) is 13.3. The second-order valence-corrected chi connectivity index (χ2v) is 5.59. The van der Waals surface area contributed by atoms with Gasteiger partial charge in [0.2, 0.25) is 0 Å². The number of urea groups is 1. The Balaban J connectivity index is 1.90. The minimum Gasteiger partial charge on any atom is -0.493 e. The Kier molecular flexibility index (Phi) is 7.36. The molecule has 2 rings (SSSR count). The van der Waals surface area contributed by atoms with Gasteiger partial charge in [0, 0.05) is 6.54 Å². The zero-order valence-electron chi connectivity index (χ0n) is 15.4.